The minimum absolute atomic E-state index is 0.0102. The summed E-state index contributed by atoms with van der Waals surface area (Å²) in [5, 5.41) is 3.05. The lowest BCUT2D eigenvalue weighted by Gasteiger charge is -2.19. The smallest absolute Gasteiger partial charge is 0.261 e. The summed E-state index contributed by atoms with van der Waals surface area (Å²) in [6.45, 7) is 4.98. The molecule has 2 rings (SSSR count). The molecule has 1 aromatic heterocycles. The van der Waals surface area contributed by atoms with Crippen LogP contribution in [0, 0.1) is 0 Å². The van der Waals surface area contributed by atoms with E-state index in [2.05, 4.69) is 28.2 Å². The van der Waals surface area contributed by atoms with Gasteiger partial charge < -0.3 is 10.1 Å². The first-order chi connectivity index (χ1) is 9.11. The van der Waals surface area contributed by atoms with Gasteiger partial charge in [-0.15, -0.1) is 11.3 Å². The summed E-state index contributed by atoms with van der Waals surface area (Å²) >= 11 is 5.10. The molecule has 1 aliphatic rings. The number of thiophene rings is 1. The Hall–Kier alpha value is -0.390. The van der Waals surface area contributed by atoms with Gasteiger partial charge in [-0.25, -0.2) is 0 Å². The van der Waals surface area contributed by atoms with Gasteiger partial charge in [0.05, 0.1) is 17.0 Å². The molecule has 0 radical (unpaired) electrons. The number of carbonyl (C=O) groups excluding carboxylic acids is 1. The van der Waals surface area contributed by atoms with Crippen LogP contribution in [0.3, 0.4) is 0 Å². The molecule has 5 heteroatoms. The molecule has 0 saturated carbocycles. The number of ether oxygens (including phenoxy) is 1. The van der Waals surface area contributed by atoms with E-state index in [4.69, 9.17) is 4.74 Å². The van der Waals surface area contributed by atoms with Crippen molar-refractivity contribution in [2.24, 2.45) is 0 Å². The van der Waals surface area contributed by atoms with E-state index in [1.165, 1.54) is 4.88 Å². The number of aryl methyl sites for hydroxylation is 1. The number of hydrogen-bond donors (Lipinski definition) is 1. The van der Waals surface area contributed by atoms with Crippen LogP contribution < -0.4 is 5.32 Å². The van der Waals surface area contributed by atoms with Crippen molar-refractivity contribution in [3.05, 3.63) is 20.3 Å². The summed E-state index contributed by atoms with van der Waals surface area (Å²) in [4.78, 5) is 14.2. The fourth-order valence-electron chi connectivity index (χ4n) is 2.28. The number of hydrogen-bond acceptors (Lipinski definition) is 3. The number of nitrogens with one attached hydrogen (secondary N) is 1. The SMILES string of the molecule is CCCc1sc(C(=O)NC(C)C2CCCO2)cc1Br. The van der Waals surface area contributed by atoms with Gasteiger partial charge >= 0.3 is 0 Å². The summed E-state index contributed by atoms with van der Waals surface area (Å²) in [6, 6.07) is 2.00. The summed E-state index contributed by atoms with van der Waals surface area (Å²) in [5.74, 6) is 0.0102. The highest BCUT2D eigenvalue weighted by Crippen LogP contribution is 2.28. The molecule has 19 heavy (non-hydrogen) atoms. The van der Waals surface area contributed by atoms with Crippen molar-refractivity contribution in [1.82, 2.24) is 5.32 Å². The topological polar surface area (TPSA) is 38.3 Å². The van der Waals surface area contributed by atoms with E-state index in [1.807, 2.05) is 13.0 Å². The van der Waals surface area contributed by atoms with Crippen LogP contribution >= 0.6 is 27.3 Å². The molecule has 1 aliphatic heterocycles. The molecule has 2 atom stereocenters. The van der Waals surface area contributed by atoms with E-state index in [1.54, 1.807) is 11.3 Å². The third kappa shape index (κ3) is 3.80. The number of amides is 1. The van der Waals surface area contributed by atoms with Crippen molar-refractivity contribution >= 4 is 33.2 Å². The maximum atomic E-state index is 12.2. The fourth-order valence-corrected chi connectivity index (χ4v) is 4.16. The van der Waals surface area contributed by atoms with Gasteiger partial charge in [0.25, 0.3) is 5.91 Å². The third-order valence-electron chi connectivity index (χ3n) is 3.34. The minimum atomic E-state index is 0.0102. The van der Waals surface area contributed by atoms with Crippen molar-refractivity contribution in [3.63, 3.8) is 0 Å². The second-order valence-corrected chi connectivity index (χ2v) is 6.94. The monoisotopic (exact) mass is 345 g/mol. The van der Waals surface area contributed by atoms with Gasteiger partial charge in [-0.05, 0) is 48.2 Å². The highest BCUT2D eigenvalue weighted by atomic mass is 79.9. The summed E-state index contributed by atoms with van der Waals surface area (Å²) in [6.07, 6.45) is 4.40. The van der Waals surface area contributed by atoms with Crippen molar-refractivity contribution in [1.29, 1.82) is 0 Å². The molecule has 1 aromatic rings. The van der Waals surface area contributed by atoms with Crippen LogP contribution in [0.15, 0.2) is 10.5 Å². The van der Waals surface area contributed by atoms with Crippen LogP contribution in [0.1, 0.15) is 47.7 Å². The highest BCUT2D eigenvalue weighted by Gasteiger charge is 2.24. The predicted octanol–water partition coefficient (Wildman–Crippen LogP) is 3.76. The molecule has 0 aliphatic carbocycles. The molecule has 1 N–H and O–H groups in total. The highest BCUT2D eigenvalue weighted by molar-refractivity contribution is 9.10. The summed E-state index contributed by atoms with van der Waals surface area (Å²) in [7, 11) is 0. The largest absolute Gasteiger partial charge is 0.376 e. The van der Waals surface area contributed by atoms with Gasteiger partial charge in [0.2, 0.25) is 0 Å². The lowest BCUT2D eigenvalue weighted by atomic mass is 10.1. The van der Waals surface area contributed by atoms with Crippen molar-refractivity contribution < 1.29 is 9.53 Å². The number of halogens is 1. The molecular weight excluding hydrogens is 326 g/mol. The average molecular weight is 346 g/mol. The second kappa shape index (κ2) is 6.86. The van der Waals surface area contributed by atoms with Crippen molar-refractivity contribution in [2.45, 2.75) is 51.7 Å². The first-order valence-electron chi connectivity index (χ1n) is 6.82. The minimum Gasteiger partial charge on any atom is -0.376 e. The van der Waals surface area contributed by atoms with Crippen LogP contribution in [0.4, 0.5) is 0 Å². The maximum absolute atomic E-state index is 12.2. The quantitative estimate of drug-likeness (QED) is 0.882. The van der Waals surface area contributed by atoms with Crippen LogP contribution in [0.25, 0.3) is 0 Å². The Kier molecular flexibility index (Phi) is 5.42. The molecule has 0 bridgehead atoms. The van der Waals surface area contributed by atoms with Gasteiger partial charge in [0.1, 0.15) is 0 Å². The molecule has 3 nitrogen and oxygen atoms in total. The number of carbonyl (C=O) groups is 1. The average Bonchev–Trinajstić information content (AvgIpc) is 3.00. The zero-order valence-corrected chi connectivity index (χ0v) is 13.8. The molecule has 1 amide bonds. The maximum Gasteiger partial charge on any atom is 0.261 e. The molecule has 1 saturated heterocycles. The Labute approximate surface area is 126 Å². The van der Waals surface area contributed by atoms with Crippen molar-refractivity contribution in [2.75, 3.05) is 6.61 Å². The van der Waals surface area contributed by atoms with E-state index >= 15 is 0 Å². The van der Waals surface area contributed by atoms with E-state index in [9.17, 15) is 4.79 Å². The van der Waals surface area contributed by atoms with Crippen LogP contribution in [-0.2, 0) is 11.2 Å². The van der Waals surface area contributed by atoms with Gasteiger partial charge in [0, 0.05) is 16.0 Å². The van der Waals surface area contributed by atoms with E-state index in [-0.39, 0.29) is 18.1 Å². The normalized spacial score (nSPS) is 20.5. The Bertz CT molecular complexity index is 441. The lowest BCUT2D eigenvalue weighted by molar-refractivity contribution is 0.0714. The van der Waals surface area contributed by atoms with E-state index < -0.39 is 0 Å². The Balaban J connectivity index is 1.97. The van der Waals surface area contributed by atoms with Gasteiger partial charge in [0.15, 0.2) is 0 Å². The number of rotatable bonds is 5. The van der Waals surface area contributed by atoms with E-state index in [0.717, 1.165) is 41.6 Å². The standard InChI is InChI=1S/C14H20BrNO2S/c1-3-5-12-10(15)8-13(19-12)14(17)16-9(2)11-6-4-7-18-11/h8-9,11H,3-7H2,1-2H3,(H,16,17). The molecule has 1 fully saturated rings. The fraction of sp³-hybridized carbons (Fsp3) is 0.643. The second-order valence-electron chi connectivity index (χ2n) is 4.95. The van der Waals surface area contributed by atoms with Crippen LogP contribution in [0.5, 0.6) is 0 Å². The zero-order valence-electron chi connectivity index (χ0n) is 11.4. The van der Waals surface area contributed by atoms with Gasteiger partial charge in [-0.1, -0.05) is 13.3 Å². The molecular formula is C14H20BrNO2S. The van der Waals surface area contributed by atoms with E-state index in [0.29, 0.717) is 0 Å². The lowest BCUT2D eigenvalue weighted by Crippen LogP contribution is -2.40. The predicted molar refractivity (Wildman–Crippen MR) is 81.9 cm³/mol. The third-order valence-corrected chi connectivity index (χ3v) is 5.50. The summed E-state index contributed by atoms with van der Waals surface area (Å²) < 4.78 is 6.65. The Morgan fingerprint density at radius 3 is 3.11 bits per heavy atom. The first kappa shape index (κ1) is 15.0. The molecule has 2 unspecified atom stereocenters. The summed E-state index contributed by atoms with van der Waals surface area (Å²) in [5.41, 5.74) is 0. The zero-order chi connectivity index (χ0) is 13.8. The van der Waals surface area contributed by atoms with Crippen molar-refractivity contribution in [3.8, 4) is 0 Å². The Morgan fingerprint density at radius 2 is 2.47 bits per heavy atom. The van der Waals surface area contributed by atoms with Gasteiger partial charge in [-0.2, -0.15) is 0 Å². The molecule has 0 spiro atoms. The molecule has 2 heterocycles. The van der Waals surface area contributed by atoms with Crippen LogP contribution in [-0.4, -0.2) is 24.7 Å². The molecule has 0 aromatic carbocycles. The van der Waals surface area contributed by atoms with Crippen LogP contribution in [0.2, 0.25) is 0 Å². The first-order valence-corrected chi connectivity index (χ1v) is 8.43. The Morgan fingerprint density at radius 1 is 1.68 bits per heavy atom. The molecule has 106 valence electrons. The van der Waals surface area contributed by atoms with Gasteiger partial charge in [-0.3, -0.25) is 4.79 Å².